The molecule has 0 saturated carbocycles. The molecule has 0 saturated heterocycles. The smallest absolute Gasteiger partial charge is 0.0661 e. The molecule has 0 N–H and O–H groups in total. The van der Waals surface area contributed by atoms with E-state index < -0.39 is 0 Å². The summed E-state index contributed by atoms with van der Waals surface area (Å²) in [5, 5.41) is 0. The highest BCUT2D eigenvalue weighted by Crippen LogP contribution is 2.48. The van der Waals surface area contributed by atoms with E-state index in [-0.39, 0.29) is 0 Å². The Morgan fingerprint density at radius 1 is 0.294 bits per heavy atom. The zero-order valence-corrected chi connectivity index (χ0v) is 36.3. The molecule has 6 aromatic heterocycles. The molecule has 0 aliphatic rings. The fourth-order valence-electron chi connectivity index (χ4n) is 6.19. The van der Waals surface area contributed by atoms with Crippen LogP contribution in [0, 0.1) is 41.5 Å². The van der Waals surface area contributed by atoms with Crippen LogP contribution < -0.4 is 0 Å². The molecular formula is C42H34S9. The van der Waals surface area contributed by atoms with Crippen LogP contribution in [0.4, 0.5) is 0 Å². The largest absolute Gasteiger partial charge is 0.134 e. The fourth-order valence-corrected chi connectivity index (χ4v) is 16.5. The first-order chi connectivity index (χ1) is 24.6. The normalized spacial score (nSPS) is 11.6. The van der Waals surface area contributed by atoms with E-state index in [1.54, 1.807) is 0 Å². The van der Waals surface area contributed by atoms with Crippen molar-refractivity contribution in [3.05, 3.63) is 130 Å². The van der Waals surface area contributed by atoms with Crippen LogP contribution in [0.25, 0.3) is 39.0 Å². The van der Waals surface area contributed by atoms with Crippen molar-refractivity contribution in [1.82, 2.24) is 0 Å². The third-order valence-corrected chi connectivity index (χ3v) is 19.8. The SMILES string of the molecule is Cc1cc(C)c(Sc2ccc(-c3ccc(-c4ccc(Sc5ccc(-c6ccc(-c7ccc(Sc8c(C)cc(C)cc8C)s7)s6)s5)s4)s3)s2)c(C)c1. The first kappa shape index (κ1) is 35.7. The van der Waals surface area contributed by atoms with Crippen LogP contribution in [0.2, 0.25) is 0 Å². The van der Waals surface area contributed by atoms with Crippen molar-refractivity contribution in [3.63, 3.8) is 0 Å². The molecule has 9 heteroatoms. The third-order valence-electron chi connectivity index (χ3n) is 8.32. The summed E-state index contributed by atoms with van der Waals surface area (Å²) in [7, 11) is 0. The van der Waals surface area contributed by atoms with Crippen LogP contribution in [0.5, 0.6) is 0 Å². The van der Waals surface area contributed by atoms with E-state index in [4.69, 9.17) is 0 Å². The Kier molecular flexibility index (Phi) is 10.6. The lowest BCUT2D eigenvalue weighted by Crippen LogP contribution is -1.86. The van der Waals surface area contributed by atoms with Gasteiger partial charge in [0, 0.05) is 48.8 Å². The van der Waals surface area contributed by atoms with Crippen LogP contribution in [0.3, 0.4) is 0 Å². The summed E-state index contributed by atoms with van der Waals surface area (Å²) < 4.78 is 5.36. The van der Waals surface area contributed by atoms with Gasteiger partial charge < -0.3 is 0 Å². The summed E-state index contributed by atoms with van der Waals surface area (Å²) in [6.07, 6.45) is 0. The van der Waals surface area contributed by atoms with E-state index in [2.05, 4.69) is 139 Å². The number of aryl methyl sites for hydroxylation is 6. The monoisotopic (exact) mass is 826 g/mol. The van der Waals surface area contributed by atoms with E-state index in [1.165, 1.54) is 99.0 Å². The molecule has 6 heterocycles. The second-order valence-electron chi connectivity index (χ2n) is 12.6. The maximum absolute atomic E-state index is 2.29. The maximum atomic E-state index is 2.29. The van der Waals surface area contributed by atoms with Crippen molar-refractivity contribution >= 4 is 103 Å². The lowest BCUT2D eigenvalue weighted by Gasteiger charge is -2.09. The predicted octanol–water partition coefficient (Wildman–Crippen LogP) is 17.0. The third kappa shape index (κ3) is 7.98. The van der Waals surface area contributed by atoms with E-state index in [1.807, 2.05) is 103 Å². The number of hydrogen-bond donors (Lipinski definition) is 0. The molecule has 0 nitrogen and oxygen atoms in total. The molecule has 8 aromatic rings. The topological polar surface area (TPSA) is 0 Å². The van der Waals surface area contributed by atoms with Gasteiger partial charge in [-0.2, -0.15) is 0 Å². The molecule has 0 atom stereocenters. The molecule has 0 amide bonds. The number of benzene rings is 2. The van der Waals surface area contributed by atoms with Crippen LogP contribution in [0.1, 0.15) is 33.4 Å². The number of rotatable bonds is 10. The molecule has 0 aliphatic carbocycles. The molecule has 51 heavy (non-hydrogen) atoms. The lowest BCUT2D eigenvalue weighted by molar-refractivity contribution is 1.19. The summed E-state index contributed by atoms with van der Waals surface area (Å²) >= 11 is 17.1. The molecule has 0 unspecified atom stereocenters. The second kappa shape index (κ2) is 15.2. The van der Waals surface area contributed by atoms with Gasteiger partial charge >= 0.3 is 0 Å². The second-order valence-corrected chi connectivity index (χ2v) is 23.3. The van der Waals surface area contributed by atoms with Gasteiger partial charge in [-0.3, -0.25) is 0 Å². The fraction of sp³-hybridized carbons (Fsp3) is 0.143. The number of thiophene rings is 6. The minimum Gasteiger partial charge on any atom is -0.134 e. The summed E-state index contributed by atoms with van der Waals surface area (Å²) in [5.74, 6) is 0. The van der Waals surface area contributed by atoms with Gasteiger partial charge in [0.1, 0.15) is 0 Å². The minimum atomic E-state index is 1.33. The van der Waals surface area contributed by atoms with Crippen molar-refractivity contribution in [3.8, 4) is 39.0 Å². The average molecular weight is 827 g/mol. The number of hydrogen-bond acceptors (Lipinski definition) is 9. The first-order valence-electron chi connectivity index (χ1n) is 16.4. The van der Waals surface area contributed by atoms with Crippen molar-refractivity contribution < 1.29 is 0 Å². The summed E-state index contributed by atoms with van der Waals surface area (Å²) in [6.45, 7) is 13.2. The standard InChI is InChI=1S/C42H34S9/c1-23-19-25(3)41(26(4)20-23)50-39-17-13-35(47-39)31-9-7-29(43-31)33-11-15-37(45-33)49-38-16-12-34(46-38)30-8-10-32(44-30)36-14-18-40(48-36)51-42-27(5)21-24(2)22-28(42)6/h7-22H,1-6H3. The Labute approximate surface area is 337 Å². The highest BCUT2D eigenvalue weighted by molar-refractivity contribution is 8.03. The summed E-state index contributed by atoms with van der Waals surface area (Å²) in [4.78, 5) is 13.5. The molecule has 0 radical (unpaired) electrons. The first-order valence-corrected chi connectivity index (χ1v) is 23.8. The highest BCUT2D eigenvalue weighted by atomic mass is 32.2. The van der Waals surface area contributed by atoms with Gasteiger partial charge in [-0.15, -0.1) is 68.0 Å². The van der Waals surface area contributed by atoms with E-state index in [0.717, 1.165) is 0 Å². The van der Waals surface area contributed by atoms with Gasteiger partial charge in [-0.1, -0.05) is 70.7 Å². The Bertz CT molecular complexity index is 2270. The Morgan fingerprint density at radius 3 is 0.824 bits per heavy atom. The van der Waals surface area contributed by atoms with Gasteiger partial charge in [0.15, 0.2) is 0 Å². The van der Waals surface area contributed by atoms with Crippen LogP contribution >= 0.6 is 103 Å². The molecule has 256 valence electrons. The molecule has 0 aliphatic heterocycles. The van der Waals surface area contributed by atoms with Crippen molar-refractivity contribution in [2.75, 3.05) is 0 Å². The van der Waals surface area contributed by atoms with Gasteiger partial charge in [-0.05, 0) is 137 Å². The summed E-state index contributed by atoms with van der Waals surface area (Å²) in [5.41, 5.74) is 8.10. The minimum absolute atomic E-state index is 1.33. The van der Waals surface area contributed by atoms with Gasteiger partial charge in [0.2, 0.25) is 0 Å². The van der Waals surface area contributed by atoms with Gasteiger partial charge in [-0.25, -0.2) is 0 Å². The molecular weight excluding hydrogens is 793 g/mol. The highest BCUT2D eigenvalue weighted by Gasteiger charge is 2.15. The Hall–Kier alpha value is -2.31. The molecule has 0 bridgehead atoms. The van der Waals surface area contributed by atoms with Gasteiger partial charge in [0.05, 0.1) is 16.8 Å². The zero-order valence-electron chi connectivity index (χ0n) is 28.9. The Morgan fingerprint density at radius 2 is 0.529 bits per heavy atom. The molecule has 0 spiro atoms. The molecule has 0 fully saturated rings. The quantitative estimate of drug-likeness (QED) is 0.135. The van der Waals surface area contributed by atoms with Crippen molar-refractivity contribution in [1.29, 1.82) is 0 Å². The van der Waals surface area contributed by atoms with Crippen molar-refractivity contribution in [2.45, 2.75) is 68.2 Å². The van der Waals surface area contributed by atoms with E-state index in [0.29, 0.717) is 0 Å². The van der Waals surface area contributed by atoms with E-state index in [9.17, 15) is 0 Å². The van der Waals surface area contributed by atoms with Crippen molar-refractivity contribution in [2.24, 2.45) is 0 Å². The predicted molar refractivity (Wildman–Crippen MR) is 236 cm³/mol. The molecule has 8 rings (SSSR count). The van der Waals surface area contributed by atoms with Crippen LogP contribution in [-0.4, -0.2) is 0 Å². The Balaban J connectivity index is 0.909. The summed E-state index contributed by atoms with van der Waals surface area (Å²) in [6, 6.07) is 36.6. The van der Waals surface area contributed by atoms with Crippen LogP contribution in [-0.2, 0) is 0 Å². The van der Waals surface area contributed by atoms with E-state index >= 15 is 0 Å². The average Bonchev–Trinajstić information content (AvgIpc) is 3.93. The van der Waals surface area contributed by atoms with Crippen LogP contribution in [0.15, 0.2) is 124 Å². The maximum Gasteiger partial charge on any atom is 0.0661 e. The zero-order chi connectivity index (χ0) is 35.2. The van der Waals surface area contributed by atoms with Gasteiger partial charge in [0.25, 0.3) is 0 Å². The lowest BCUT2D eigenvalue weighted by atomic mass is 10.1. The molecule has 2 aromatic carbocycles.